The summed E-state index contributed by atoms with van der Waals surface area (Å²) in [5.74, 6) is 1.62. The molecule has 2 aromatic rings. The van der Waals surface area contributed by atoms with Crippen LogP contribution in [0.4, 0.5) is 15.9 Å². The number of ether oxygens (including phenoxy) is 1. The van der Waals surface area contributed by atoms with E-state index in [0.717, 1.165) is 30.1 Å². The molecule has 0 radical (unpaired) electrons. The van der Waals surface area contributed by atoms with Crippen molar-refractivity contribution in [3.05, 3.63) is 47.9 Å². The Morgan fingerprint density at radius 1 is 1.36 bits per heavy atom. The van der Waals surface area contributed by atoms with Gasteiger partial charge in [-0.25, -0.2) is 9.37 Å². The number of nitrogens with zero attached hydrogens (tertiary/aromatic N) is 3. The molecule has 150 valence electrons. The Hall–Kier alpha value is -2.63. The van der Waals surface area contributed by atoms with Gasteiger partial charge in [0.25, 0.3) is 0 Å². The smallest absolute Gasteiger partial charge is 0.164 e. The number of carbonyl (C=O) groups is 1. The van der Waals surface area contributed by atoms with Gasteiger partial charge in [-0.2, -0.15) is 0 Å². The highest BCUT2D eigenvalue weighted by molar-refractivity contribution is 5.76. The normalized spacial score (nSPS) is 17.5. The summed E-state index contributed by atoms with van der Waals surface area (Å²) in [5.41, 5.74) is 1.70. The molecule has 1 aliphatic heterocycles. The van der Waals surface area contributed by atoms with Crippen molar-refractivity contribution >= 4 is 17.3 Å². The van der Waals surface area contributed by atoms with Crippen LogP contribution in [0, 0.1) is 5.82 Å². The molecule has 28 heavy (non-hydrogen) atoms. The number of pyridine rings is 1. The number of anilines is 2. The van der Waals surface area contributed by atoms with E-state index in [1.165, 1.54) is 6.20 Å². The van der Waals surface area contributed by atoms with E-state index in [2.05, 4.69) is 11.9 Å². The van der Waals surface area contributed by atoms with Crippen LogP contribution in [-0.4, -0.2) is 44.1 Å². The maximum Gasteiger partial charge on any atom is 0.164 e. The lowest BCUT2D eigenvalue weighted by atomic mass is 9.96. The Kier molecular flexibility index (Phi) is 6.17. The Bertz CT molecular complexity index is 823. The third-order valence-electron chi connectivity index (χ3n) is 5.11. The van der Waals surface area contributed by atoms with Gasteiger partial charge in [0, 0.05) is 39.5 Å². The minimum absolute atomic E-state index is 0.0101. The first kappa shape index (κ1) is 20.1. The number of hydrogen-bond acceptors (Lipinski definition) is 5. The average molecular weight is 385 g/mol. The molecule has 5 nitrogen and oxygen atoms in total. The van der Waals surface area contributed by atoms with E-state index >= 15 is 0 Å². The summed E-state index contributed by atoms with van der Waals surface area (Å²) in [7, 11) is 3.78. The standard InChI is InChI=1S/C22H28FN3O2/c1-15(11-16(2)27)17-5-7-18(8-6-17)28-19-9-10-26(14-19)21-12-22(25(3)4)24-13-20(21)23/h5-8,12-13,15,19H,9-11,14H2,1-4H3/t15-,19-/m1/s1. The molecule has 0 saturated carbocycles. The SMILES string of the molecule is CC(=O)C[C@@H](C)c1ccc(O[C@@H]2CCN(c3cc(N(C)C)ncc3F)C2)cc1. The van der Waals surface area contributed by atoms with Gasteiger partial charge in [-0.1, -0.05) is 19.1 Å². The molecule has 1 aromatic heterocycles. The second-order valence-electron chi connectivity index (χ2n) is 7.74. The van der Waals surface area contributed by atoms with Gasteiger partial charge >= 0.3 is 0 Å². The number of aromatic nitrogens is 1. The monoisotopic (exact) mass is 385 g/mol. The number of halogens is 1. The molecule has 0 spiro atoms. The Morgan fingerprint density at radius 2 is 2.07 bits per heavy atom. The molecule has 1 fully saturated rings. The van der Waals surface area contributed by atoms with E-state index in [1.807, 2.05) is 48.2 Å². The first-order chi connectivity index (χ1) is 13.3. The van der Waals surface area contributed by atoms with Gasteiger partial charge in [-0.15, -0.1) is 0 Å². The minimum atomic E-state index is -0.310. The zero-order chi connectivity index (χ0) is 20.3. The molecule has 2 atom stereocenters. The fourth-order valence-electron chi connectivity index (χ4n) is 3.56. The molecular formula is C22H28FN3O2. The first-order valence-corrected chi connectivity index (χ1v) is 9.67. The topological polar surface area (TPSA) is 45.7 Å². The van der Waals surface area contributed by atoms with Crippen LogP contribution in [-0.2, 0) is 4.79 Å². The number of Topliss-reactive ketones (excluding diaryl/α,β-unsaturated/α-hetero) is 1. The van der Waals surface area contributed by atoms with E-state index < -0.39 is 0 Å². The maximum atomic E-state index is 14.3. The van der Waals surface area contributed by atoms with Gasteiger partial charge in [-0.05, 0) is 30.5 Å². The predicted octanol–water partition coefficient (Wildman–Crippen LogP) is 4.03. The van der Waals surface area contributed by atoms with Gasteiger partial charge in [0.2, 0.25) is 0 Å². The van der Waals surface area contributed by atoms with Crippen LogP contribution in [0.2, 0.25) is 0 Å². The molecule has 0 bridgehead atoms. The van der Waals surface area contributed by atoms with Crippen LogP contribution in [0.15, 0.2) is 36.5 Å². The van der Waals surface area contributed by atoms with Gasteiger partial charge < -0.3 is 19.3 Å². The van der Waals surface area contributed by atoms with Crippen molar-refractivity contribution in [3.63, 3.8) is 0 Å². The summed E-state index contributed by atoms with van der Waals surface area (Å²) in [5, 5.41) is 0. The van der Waals surface area contributed by atoms with Crippen molar-refractivity contribution in [1.29, 1.82) is 0 Å². The third kappa shape index (κ3) is 4.80. The fourth-order valence-corrected chi connectivity index (χ4v) is 3.56. The number of ketones is 1. The predicted molar refractivity (Wildman–Crippen MR) is 110 cm³/mol. The quantitative estimate of drug-likeness (QED) is 0.720. The minimum Gasteiger partial charge on any atom is -0.489 e. The van der Waals surface area contributed by atoms with Crippen molar-refractivity contribution < 1.29 is 13.9 Å². The van der Waals surface area contributed by atoms with Crippen LogP contribution in [0.3, 0.4) is 0 Å². The van der Waals surface area contributed by atoms with Crippen LogP contribution in [0.1, 0.15) is 38.2 Å². The lowest BCUT2D eigenvalue weighted by Crippen LogP contribution is -2.25. The molecule has 1 aliphatic rings. The average Bonchev–Trinajstić information content (AvgIpc) is 3.10. The molecule has 3 rings (SSSR count). The molecule has 1 aromatic carbocycles. The molecule has 0 amide bonds. The van der Waals surface area contributed by atoms with E-state index in [0.29, 0.717) is 18.7 Å². The molecule has 0 unspecified atom stereocenters. The van der Waals surface area contributed by atoms with Crippen molar-refractivity contribution in [2.75, 3.05) is 37.0 Å². The van der Waals surface area contributed by atoms with E-state index in [9.17, 15) is 9.18 Å². The van der Waals surface area contributed by atoms with Crippen LogP contribution in [0.5, 0.6) is 5.75 Å². The van der Waals surface area contributed by atoms with Gasteiger partial charge in [0.1, 0.15) is 23.5 Å². The van der Waals surface area contributed by atoms with Gasteiger partial charge in [0.15, 0.2) is 5.82 Å². The molecular weight excluding hydrogens is 357 g/mol. The molecule has 0 aliphatic carbocycles. The summed E-state index contributed by atoms with van der Waals surface area (Å²) < 4.78 is 20.4. The van der Waals surface area contributed by atoms with Crippen LogP contribution >= 0.6 is 0 Å². The number of hydrogen-bond donors (Lipinski definition) is 0. The highest BCUT2D eigenvalue weighted by atomic mass is 19.1. The largest absolute Gasteiger partial charge is 0.489 e. The second-order valence-corrected chi connectivity index (χ2v) is 7.74. The molecule has 6 heteroatoms. The van der Waals surface area contributed by atoms with Crippen molar-refractivity contribution in [3.8, 4) is 5.75 Å². The number of rotatable bonds is 7. The van der Waals surface area contributed by atoms with E-state index in [-0.39, 0.29) is 23.6 Å². The van der Waals surface area contributed by atoms with Crippen LogP contribution in [0.25, 0.3) is 0 Å². The number of benzene rings is 1. The highest BCUT2D eigenvalue weighted by Gasteiger charge is 2.26. The van der Waals surface area contributed by atoms with Crippen molar-refractivity contribution in [2.24, 2.45) is 0 Å². The maximum absolute atomic E-state index is 14.3. The Labute approximate surface area is 166 Å². The Balaban J connectivity index is 1.62. The van der Waals surface area contributed by atoms with Gasteiger partial charge in [0.05, 0.1) is 18.4 Å². The Morgan fingerprint density at radius 3 is 2.71 bits per heavy atom. The second kappa shape index (κ2) is 8.59. The lowest BCUT2D eigenvalue weighted by Gasteiger charge is -2.21. The summed E-state index contributed by atoms with van der Waals surface area (Å²) in [4.78, 5) is 19.3. The lowest BCUT2D eigenvalue weighted by molar-refractivity contribution is -0.117. The highest BCUT2D eigenvalue weighted by Crippen LogP contribution is 2.29. The molecule has 2 heterocycles. The van der Waals surface area contributed by atoms with Crippen LogP contribution < -0.4 is 14.5 Å². The molecule has 1 saturated heterocycles. The summed E-state index contributed by atoms with van der Waals surface area (Å²) in [6.45, 7) is 5.05. The zero-order valence-corrected chi connectivity index (χ0v) is 17.0. The van der Waals surface area contributed by atoms with Crippen molar-refractivity contribution in [1.82, 2.24) is 4.98 Å². The summed E-state index contributed by atoms with van der Waals surface area (Å²) in [6.07, 6.45) is 2.67. The summed E-state index contributed by atoms with van der Waals surface area (Å²) in [6, 6.07) is 9.71. The van der Waals surface area contributed by atoms with Gasteiger partial charge in [-0.3, -0.25) is 0 Å². The number of carbonyl (C=O) groups excluding carboxylic acids is 1. The third-order valence-corrected chi connectivity index (χ3v) is 5.11. The van der Waals surface area contributed by atoms with Crippen molar-refractivity contribution in [2.45, 2.75) is 38.7 Å². The van der Waals surface area contributed by atoms with E-state index in [4.69, 9.17) is 4.74 Å². The molecule has 0 N–H and O–H groups in total. The fraction of sp³-hybridized carbons (Fsp3) is 0.455. The van der Waals surface area contributed by atoms with E-state index in [1.54, 1.807) is 13.0 Å². The summed E-state index contributed by atoms with van der Waals surface area (Å²) >= 11 is 0. The first-order valence-electron chi connectivity index (χ1n) is 9.67. The zero-order valence-electron chi connectivity index (χ0n) is 17.0.